The van der Waals surface area contributed by atoms with Crippen LogP contribution in [0, 0.1) is 5.92 Å². The zero-order chi connectivity index (χ0) is 17.2. The van der Waals surface area contributed by atoms with E-state index < -0.39 is 0 Å². The van der Waals surface area contributed by atoms with Gasteiger partial charge in [-0.1, -0.05) is 18.9 Å². The van der Waals surface area contributed by atoms with Gasteiger partial charge < -0.3 is 16.2 Å². The molecule has 1 aliphatic carbocycles. The Kier molecular flexibility index (Phi) is 4.36. The number of hydrogen-bond acceptors (Lipinski definition) is 6. The molecular weight excluding hydrogens is 314 g/mol. The van der Waals surface area contributed by atoms with Gasteiger partial charge in [0.25, 0.3) is 0 Å². The monoisotopic (exact) mass is 337 g/mol. The molecule has 25 heavy (non-hydrogen) atoms. The maximum atomic E-state index is 9.65. The Morgan fingerprint density at radius 3 is 2.88 bits per heavy atom. The summed E-state index contributed by atoms with van der Waals surface area (Å²) in [4.78, 5) is 13.1. The number of nitrogen functional groups attached to an aromatic ring is 1. The van der Waals surface area contributed by atoms with Gasteiger partial charge in [-0.2, -0.15) is 4.98 Å². The van der Waals surface area contributed by atoms with E-state index in [1.807, 2.05) is 24.4 Å². The summed E-state index contributed by atoms with van der Waals surface area (Å²) in [7, 11) is 0. The Morgan fingerprint density at radius 1 is 1.20 bits per heavy atom. The highest BCUT2D eigenvalue weighted by atomic mass is 16.3. The highest BCUT2D eigenvalue weighted by molar-refractivity contribution is 5.95. The number of rotatable bonds is 4. The van der Waals surface area contributed by atoms with Crippen LogP contribution in [-0.2, 0) is 0 Å². The normalized spacial score (nSPS) is 23.0. The Morgan fingerprint density at radius 2 is 2.08 bits per heavy atom. The number of fused-ring (bicyclic) bond motifs is 1. The van der Waals surface area contributed by atoms with Crippen molar-refractivity contribution in [1.29, 1.82) is 0 Å². The molecule has 4 N–H and O–H groups in total. The minimum atomic E-state index is 0.203. The van der Waals surface area contributed by atoms with Crippen molar-refractivity contribution >= 4 is 34.5 Å². The fraction of sp³-hybridized carbons (Fsp3) is 0.421. The van der Waals surface area contributed by atoms with Gasteiger partial charge >= 0.3 is 0 Å². The standard InChI is InChI=1S/C19H23N5O/c20-19-23-17-9-12(13-7-8-21-10-13)5-6-15(17)18(24-19)22-16-4-2-1-3-14(16)11-25/h5-9,14,16,25H,1-4,10-11H2,(H3,20,22,23,24)/t14-,16-/m0/s1. The van der Waals surface area contributed by atoms with Crippen LogP contribution in [0.1, 0.15) is 31.2 Å². The molecule has 2 aliphatic rings. The lowest BCUT2D eigenvalue weighted by molar-refractivity contribution is 0.178. The summed E-state index contributed by atoms with van der Waals surface area (Å²) in [6, 6.07) is 6.39. The van der Waals surface area contributed by atoms with Gasteiger partial charge in [0.05, 0.1) is 12.1 Å². The van der Waals surface area contributed by atoms with Gasteiger partial charge in [-0.3, -0.25) is 4.99 Å². The average Bonchev–Trinajstić information content (AvgIpc) is 3.16. The molecule has 2 aromatic rings. The van der Waals surface area contributed by atoms with Crippen LogP contribution in [0.2, 0.25) is 0 Å². The smallest absolute Gasteiger partial charge is 0.222 e. The van der Waals surface area contributed by atoms with E-state index in [0.29, 0.717) is 6.54 Å². The summed E-state index contributed by atoms with van der Waals surface area (Å²) in [5.74, 6) is 1.29. The first-order valence-corrected chi connectivity index (χ1v) is 8.88. The molecule has 6 nitrogen and oxygen atoms in total. The van der Waals surface area contributed by atoms with Crippen molar-refractivity contribution in [2.24, 2.45) is 10.9 Å². The number of aliphatic hydroxyl groups is 1. The highest BCUT2D eigenvalue weighted by Gasteiger charge is 2.25. The number of aliphatic hydroxyl groups excluding tert-OH is 1. The Labute approximate surface area is 146 Å². The van der Waals surface area contributed by atoms with Gasteiger partial charge in [0.2, 0.25) is 5.95 Å². The Bertz CT molecular complexity index is 845. The predicted molar refractivity (Wildman–Crippen MR) is 102 cm³/mol. The van der Waals surface area contributed by atoms with Gasteiger partial charge in [0, 0.05) is 30.2 Å². The Hall–Kier alpha value is -2.47. The molecule has 1 aromatic heterocycles. The van der Waals surface area contributed by atoms with Gasteiger partial charge in [0.1, 0.15) is 5.82 Å². The van der Waals surface area contributed by atoms with E-state index in [0.717, 1.165) is 35.1 Å². The molecule has 1 aromatic carbocycles. The molecule has 130 valence electrons. The van der Waals surface area contributed by atoms with Crippen LogP contribution in [-0.4, -0.2) is 40.5 Å². The Balaban J connectivity index is 1.68. The second-order valence-corrected chi connectivity index (χ2v) is 6.82. The maximum Gasteiger partial charge on any atom is 0.222 e. The third-order valence-electron chi connectivity index (χ3n) is 5.19. The molecular formula is C19H23N5O. The summed E-state index contributed by atoms with van der Waals surface area (Å²) in [5.41, 5.74) is 9.07. The van der Waals surface area contributed by atoms with Crippen LogP contribution in [0.4, 0.5) is 11.8 Å². The van der Waals surface area contributed by atoms with Crippen LogP contribution >= 0.6 is 0 Å². The second-order valence-electron chi connectivity index (χ2n) is 6.82. The number of aromatic nitrogens is 2. The maximum absolute atomic E-state index is 9.65. The number of benzene rings is 1. The molecule has 1 aliphatic heterocycles. The summed E-state index contributed by atoms with van der Waals surface area (Å²) in [6.45, 7) is 0.909. The van der Waals surface area contributed by atoms with Gasteiger partial charge in [-0.15, -0.1) is 0 Å². The summed E-state index contributed by atoms with van der Waals surface area (Å²) in [6.07, 6.45) is 8.29. The lowest BCUT2D eigenvalue weighted by Gasteiger charge is -2.31. The SMILES string of the molecule is Nc1nc(N[C@H]2CCCC[C@H]2CO)c2ccc(C3=CC=NC3)cc2n1. The minimum absolute atomic E-state index is 0.203. The molecule has 0 bridgehead atoms. The van der Waals surface area contributed by atoms with Crippen molar-refractivity contribution < 1.29 is 5.11 Å². The van der Waals surface area contributed by atoms with Crippen molar-refractivity contribution in [3.8, 4) is 0 Å². The van der Waals surface area contributed by atoms with E-state index in [2.05, 4.69) is 26.3 Å². The van der Waals surface area contributed by atoms with Crippen molar-refractivity contribution in [3.05, 3.63) is 29.8 Å². The summed E-state index contributed by atoms with van der Waals surface area (Å²) < 4.78 is 0. The van der Waals surface area contributed by atoms with Crippen LogP contribution in [0.5, 0.6) is 0 Å². The molecule has 0 spiro atoms. The quantitative estimate of drug-likeness (QED) is 0.797. The number of nitrogens with one attached hydrogen (secondary N) is 1. The fourth-order valence-corrected chi connectivity index (χ4v) is 3.78. The highest BCUT2D eigenvalue weighted by Crippen LogP contribution is 2.30. The first-order chi connectivity index (χ1) is 12.2. The zero-order valence-corrected chi connectivity index (χ0v) is 14.2. The topological polar surface area (TPSA) is 96.4 Å². The largest absolute Gasteiger partial charge is 0.396 e. The first kappa shape index (κ1) is 16.0. The molecule has 1 fully saturated rings. The number of hydrogen-bond donors (Lipinski definition) is 3. The van der Waals surface area contributed by atoms with Crippen molar-refractivity contribution in [2.45, 2.75) is 31.7 Å². The summed E-state index contributed by atoms with van der Waals surface area (Å²) >= 11 is 0. The molecule has 2 atom stereocenters. The molecule has 6 heteroatoms. The number of allylic oxidation sites excluding steroid dienone is 1. The number of anilines is 2. The fourth-order valence-electron chi connectivity index (χ4n) is 3.78. The molecule has 1 saturated carbocycles. The zero-order valence-electron chi connectivity index (χ0n) is 14.2. The van der Waals surface area contributed by atoms with Gasteiger partial charge in [-0.05, 0) is 42.2 Å². The van der Waals surface area contributed by atoms with Crippen LogP contribution in [0.3, 0.4) is 0 Å². The van der Waals surface area contributed by atoms with E-state index >= 15 is 0 Å². The molecule has 0 saturated heterocycles. The van der Waals surface area contributed by atoms with Gasteiger partial charge in [-0.25, -0.2) is 4.98 Å². The van der Waals surface area contributed by atoms with Crippen LogP contribution in [0.15, 0.2) is 29.3 Å². The minimum Gasteiger partial charge on any atom is -0.396 e. The van der Waals surface area contributed by atoms with E-state index in [9.17, 15) is 5.11 Å². The number of nitrogens with two attached hydrogens (primary N) is 1. The van der Waals surface area contributed by atoms with E-state index in [1.165, 1.54) is 18.4 Å². The third-order valence-corrected chi connectivity index (χ3v) is 5.19. The lowest BCUT2D eigenvalue weighted by Crippen LogP contribution is -2.34. The van der Waals surface area contributed by atoms with Crippen molar-refractivity contribution in [2.75, 3.05) is 24.2 Å². The predicted octanol–water partition coefficient (Wildman–Crippen LogP) is 2.64. The molecule has 2 heterocycles. The van der Waals surface area contributed by atoms with Crippen molar-refractivity contribution in [1.82, 2.24) is 9.97 Å². The first-order valence-electron chi connectivity index (χ1n) is 8.88. The third kappa shape index (κ3) is 3.22. The van der Waals surface area contributed by atoms with E-state index in [1.54, 1.807) is 0 Å². The molecule has 0 amide bonds. The summed E-state index contributed by atoms with van der Waals surface area (Å²) in [5, 5.41) is 14.1. The van der Waals surface area contributed by atoms with Gasteiger partial charge in [0.15, 0.2) is 0 Å². The molecule has 0 radical (unpaired) electrons. The second kappa shape index (κ2) is 6.80. The average molecular weight is 337 g/mol. The molecule has 0 unspecified atom stereocenters. The van der Waals surface area contributed by atoms with Crippen molar-refractivity contribution in [3.63, 3.8) is 0 Å². The van der Waals surface area contributed by atoms with E-state index in [-0.39, 0.29) is 24.5 Å². The van der Waals surface area contributed by atoms with E-state index in [4.69, 9.17) is 5.73 Å². The van der Waals surface area contributed by atoms with Crippen LogP contribution in [0.25, 0.3) is 16.5 Å². The van der Waals surface area contributed by atoms with Crippen LogP contribution < -0.4 is 11.1 Å². The molecule has 4 rings (SSSR count). The lowest BCUT2D eigenvalue weighted by atomic mass is 9.85. The number of aliphatic imine (C=N–C) groups is 1. The number of nitrogens with zero attached hydrogens (tertiary/aromatic N) is 3.